The normalized spacial score (nSPS) is 44.5. The molecule has 14 atom stereocenters. The summed E-state index contributed by atoms with van der Waals surface area (Å²) >= 11 is 0. The fraction of sp³-hybridized carbons (Fsp3) is 0.714. The van der Waals surface area contributed by atoms with Crippen LogP contribution >= 0.6 is 0 Å². The number of carbonyl (C=O) groups excluding carboxylic acids is 6. The summed E-state index contributed by atoms with van der Waals surface area (Å²) in [4.78, 5) is 78.9. The second-order valence-electron chi connectivity index (χ2n) is 15.3. The number of aliphatic hydroxyl groups is 2. The lowest BCUT2D eigenvalue weighted by atomic mass is 9.35. The molecule has 0 unspecified atom stereocenters. The molecule has 0 radical (unpaired) electrons. The van der Waals surface area contributed by atoms with Crippen LogP contribution < -0.4 is 0 Å². The molecule has 15 nitrogen and oxygen atoms in total. The van der Waals surface area contributed by atoms with Crippen molar-refractivity contribution in [3.63, 3.8) is 0 Å². The number of hydrogen-bond donors (Lipinski definition) is 2. The van der Waals surface area contributed by atoms with Crippen molar-refractivity contribution in [2.45, 2.75) is 109 Å². The van der Waals surface area contributed by atoms with Crippen LogP contribution in [0, 0.1) is 39.9 Å². The van der Waals surface area contributed by atoms with E-state index in [1.807, 2.05) is 0 Å². The third-order valence-corrected chi connectivity index (χ3v) is 12.9. The maximum atomic E-state index is 13.7. The molecule has 2 bridgehead atoms. The molecule has 6 rings (SSSR count). The van der Waals surface area contributed by atoms with Gasteiger partial charge in [-0.15, -0.1) is 0 Å². The van der Waals surface area contributed by atoms with E-state index in [1.54, 1.807) is 26.8 Å². The topological polar surface area (TPSA) is 211 Å². The highest BCUT2D eigenvalue weighted by Gasteiger charge is 2.92. The summed E-state index contributed by atoms with van der Waals surface area (Å²) in [5.74, 6) is -9.68. The Kier molecular flexibility index (Phi) is 8.26. The van der Waals surface area contributed by atoms with Crippen molar-refractivity contribution in [1.82, 2.24) is 0 Å². The molecule has 50 heavy (non-hydrogen) atoms. The van der Waals surface area contributed by atoms with E-state index < -0.39 is 124 Å². The first kappa shape index (κ1) is 35.8. The van der Waals surface area contributed by atoms with E-state index in [2.05, 4.69) is 0 Å². The lowest BCUT2D eigenvalue weighted by molar-refractivity contribution is -0.369. The minimum absolute atomic E-state index is 0.0832. The van der Waals surface area contributed by atoms with E-state index in [1.165, 1.54) is 19.5 Å². The van der Waals surface area contributed by atoms with Crippen LogP contribution in [0.5, 0.6) is 0 Å². The molecule has 1 aromatic rings. The zero-order valence-corrected chi connectivity index (χ0v) is 29.3. The molecule has 0 spiro atoms. The monoisotopic (exact) mass is 704 g/mol. The van der Waals surface area contributed by atoms with Crippen LogP contribution in [-0.4, -0.2) is 88.8 Å². The Morgan fingerprint density at radius 1 is 0.940 bits per heavy atom. The van der Waals surface area contributed by atoms with Crippen LogP contribution in [0.4, 0.5) is 0 Å². The zero-order valence-electron chi connectivity index (χ0n) is 29.3. The van der Waals surface area contributed by atoms with Gasteiger partial charge in [0.1, 0.15) is 29.5 Å². The smallest absolute Gasteiger partial charge is 0.347 e. The first-order chi connectivity index (χ1) is 23.2. The molecule has 2 heterocycles. The summed E-state index contributed by atoms with van der Waals surface area (Å²) in [6.07, 6.45) is -4.98. The molecule has 1 aliphatic heterocycles. The number of furan rings is 1. The van der Waals surface area contributed by atoms with Gasteiger partial charge in [0.15, 0.2) is 0 Å². The Labute approximate surface area is 288 Å². The third kappa shape index (κ3) is 4.47. The van der Waals surface area contributed by atoms with Crippen molar-refractivity contribution in [1.29, 1.82) is 0 Å². The van der Waals surface area contributed by atoms with Gasteiger partial charge in [-0.1, -0.05) is 20.8 Å². The maximum Gasteiger partial charge on any atom is 0.347 e. The molecular weight excluding hydrogens is 660 g/mol. The summed E-state index contributed by atoms with van der Waals surface area (Å²) < 4.78 is 40.4. The maximum absolute atomic E-state index is 13.7. The molecule has 0 amide bonds. The predicted molar refractivity (Wildman–Crippen MR) is 164 cm³/mol. The van der Waals surface area contributed by atoms with E-state index in [4.69, 9.17) is 32.8 Å². The number of cyclic esters (lactones) is 1. The van der Waals surface area contributed by atoms with Gasteiger partial charge in [-0.3, -0.25) is 24.0 Å². The molecule has 0 aromatic carbocycles. The molecule has 15 heteroatoms. The van der Waals surface area contributed by atoms with Gasteiger partial charge < -0.3 is 43.1 Å². The minimum atomic E-state index is -2.23. The van der Waals surface area contributed by atoms with Crippen molar-refractivity contribution in [2.24, 2.45) is 39.9 Å². The molecule has 1 aromatic heterocycles. The van der Waals surface area contributed by atoms with Crippen molar-refractivity contribution >= 4 is 35.8 Å². The molecular formula is C35H44O15. The van der Waals surface area contributed by atoms with Gasteiger partial charge in [0.05, 0.1) is 38.1 Å². The van der Waals surface area contributed by atoms with Gasteiger partial charge in [0.2, 0.25) is 6.10 Å². The lowest BCUT2D eigenvalue weighted by Crippen LogP contribution is -2.83. The number of carbonyl (C=O) groups is 6. The Morgan fingerprint density at radius 2 is 1.58 bits per heavy atom. The number of hydrogen-bond acceptors (Lipinski definition) is 15. The summed E-state index contributed by atoms with van der Waals surface area (Å²) in [5, 5.41) is 25.9. The van der Waals surface area contributed by atoms with Gasteiger partial charge >= 0.3 is 35.8 Å². The molecule has 4 aliphatic carbocycles. The standard InChI is InChI=1S/C35H44O15/c1-15(36)46-25(30(42)44-8)26-31(5)14-34(50-18(4)39)24(28(31)47-16(2)37)29(48-17(3)38)35(43)20-12-23(41)49-27(19-9-10-45-13-19)32(20,6)22(40)11-21(35)33(26,34)7/h9-10,13,20-22,24-29,40,43H,11-12,14H2,1-8H3/t20-,21-,22-,24-,25+,26+,27+,28+,29-,31-,32-,33-,34+,35-/m1/s1. The van der Waals surface area contributed by atoms with Crippen LogP contribution in [0.25, 0.3) is 0 Å². The fourth-order valence-electron chi connectivity index (χ4n) is 11.7. The van der Waals surface area contributed by atoms with Crippen LogP contribution in [0.15, 0.2) is 23.0 Å². The van der Waals surface area contributed by atoms with Gasteiger partial charge in [-0.25, -0.2) is 4.79 Å². The Morgan fingerprint density at radius 3 is 2.12 bits per heavy atom. The van der Waals surface area contributed by atoms with Crippen LogP contribution in [0.1, 0.15) is 79.4 Å². The number of methoxy groups -OCH3 is 1. The predicted octanol–water partition coefficient (Wildman–Crippen LogP) is 1.95. The lowest BCUT2D eigenvalue weighted by Gasteiger charge is -2.73. The molecule has 5 fully saturated rings. The van der Waals surface area contributed by atoms with Crippen molar-refractivity contribution < 1.29 is 71.8 Å². The summed E-state index contributed by atoms with van der Waals surface area (Å²) in [6, 6.07) is 1.58. The van der Waals surface area contributed by atoms with Crippen molar-refractivity contribution in [3.8, 4) is 0 Å². The number of esters is 6. The number of ether oxygens (including phenoxy) is 6. The zero-order chi connectivity index (χ0) is 36.9. The SMILES string of the molecule is COC(=O)[C@@H](OC(C)=O)[C@H]1[C@@]2(C)C[C@]3(OC(C)=O)[C@@H]([C@@H](OC(C)=O)[C@@]4(O)[C@@H]5CC(=O)O[C@@H](c6ccoc6)[C@@]5(C)[C@H](O)C[C@@H]4[C@]13C)[C@@H]2OC(C)=O. The number of rotatable bonds is 7. The Bertz CT molecular complexity index is 1620. The van der Waals surface area contributed by atoms with E-state index in [-0.39, 0.29) is 12.8 Å². The highest BCUT2D eigenvalue weighted by molar-refractivity contribution is 5.80. The first-order valence-electron chi connectivity index (χ1n) is 16.7. The summed E-state index contributed by atoms with van der Waals surface area (Å²) in [7, 11) is 1.11. The second kappa shape index (κ2) is 11.5. The molecule has 274 valence electrons. The van der Waals surface area contributed by atoms with Gasteiger partial charge in [0.25, 0.3) is 0 Å². The molecule has 2 N–H and O–H groups in total. The Balaban J connectivity index is 1.70. The minimum Gasteiger partial charge on any atom is -0.472 e. The van der Waals surface area contributed by atoms with E-state index in [0.29, 0.717) is 5.56 Å². The second-order valence-corrected chi connectivity index (χ2v) is 15.3. The van der Waals surface area contributed by atoms with Crippen LogP contribution in [-0.2, 0) is 57.2 Å². The first-order valence-corrected chi connectivity index (χ1v) is 16.7. The van der Waals surface area contributed by atoms with Gasteiger partial charge in [-0.05, 0) is 18.9 Å². The third-order valence-electron chi connectivity index (χ3n) is 12.9. The average molecular weight is 705 g/mol. The number of aliphatic hydroxyl groups excluding tert-OH is 1. The van der Waals surface area contributed by atoms with E-state index in [0.717, 1.165) is 27.9 Å². The highest BCUT2D eigenvalue weighted by Crippen LogP contribution is 2.82. The average Bonchev–Trinajstić information content (AvgIpc) is 3.67. The van der Waals surface area contributed by atoms with Crippen LogP contribution in [0.3, 0.4) is 0 Å². The van der Waals surface area contributed by atoms with Crippen LogP contribution in [0.2, 0.25) is 0 Å². The summed E-state index contributed by atoms with van der Waals surface area (Å²) in [6.45, 7) is 9.61. The quantitative estimate of drug-likeness (QED) is 0.307. The van der Waals surface area contributed by atoms with Crippen molar-refractivity contribution in [2.75, 3.05) is 7.11 Å². The van der Waals surface area contributed by atoms with Gasteiger partial charge in [-0.2, -0.15) is 0 Å². The molecule has 5 aliphatic rings. The summed E-state index contributed by atoms with van der Waals surface area (Å²) in [5.41, 5.74) is -7.92. The fourth-order valence-corrected chi connectivity index (χ4v) is 11.7. The highest BCUT2D eigenvalue weighted by atomic mass is 16.6. The van der Waals surface area contributed by atoms with E-state index >= 15 is 0 Å². The molecule has 4 saturated carbocycles. The number of fused-ring (bicyclic) bond motifs is 5. The van der Waals surface area contributed by atoms with Crippen molar-refractivity contribution in [3.05, 3.63) is 24.2 Å². The van der Waals surface area contributed by atoms with Gasteiger partial charge in [0, 0.05) is 67.3 Å². The Hall–Kier alpha value is -3.98. The molecule has 1 saturated heterocycles. The van der Waals surface area contributed by atoms with E-state index in [9.17, 15) is 39.0 Å². The largest absolute Gasteiger partial charge is 0.472 e.